The van der Waals surface area contributed by atoms with E-state index in [0.29, 0.717) is 6.61 Å². The van der Waals surface area contributed by atoms with E-state index in [4.69, 9.17) is 4.74 Å². The average molecular weight is 297 g/mol. The van der Waals surface area contributed by atoms with Gasteiger partial charge in [0.25, 0.3) is 0 Å². The molecule has 5 heteroatoms. The van der Waals surface area contributed by atoms with Crippen LogP contribution >= 0.6 is 15.9 Å². The van der Waals surface area contributed by atoms with Gasteiger partial charge in [0.15, 0.2) is 0 Å². The minimum absolute atomic E-state index is 0.151. The summed E-state index contributed by atoms with van der Waals surface area (Å²) in [6, 6.07) is 3.90. The van der Waals surface area contributed by atoms with Gasteiger partial charge in [-0.25, -0.2) is 0 Å². The Bertz CT molecular complexity index is 563. The Kier molecular flexibility index (Phi) is 3.47. The van der Waals surface area contributed by atoms with Crippen molar-refractivity contribution in [2.24, 2.45) is 0 Å². The highest BCUT2D eigenvalue weighted by molar-refractivity contribution is 9.10. The van der Waals surface area contributed by atoms with Crippen LogP contribution < -0.4 is 0 Å². The van der Waals surface area contributed by atoms with Gasteiger partial charge in [0.05, 0.1) is 18.3 Å². The van der Waals surface area contributed by atoms with Gasteiger partial charge in [0, 0.05) is 9.86 Å². The Balaban J connectivity index is 2.37. The van der Waals surface area contributed by atoms with Crippen molar-refractivity contribution in [3.8, 4) is 0 Å². The molecule has 1 aromatic carbocycles. The molecule has 2 rings (SSSR count). The molecule has 0 unspecified atom stereocenters. The van der Waals surface area contributed by atoms with Crippen LogP contribution in [0.2, 0.25) is 0 Å². The van der Waals surface area contributed by atoms with Crippen LogP contribution in [0, 0.1) is 6.92 Å². The van der Waals surface area contributed by atoms with Crippen molar-refractivity contribution in [2.45, 2.75) is 20.4 Å². The first kappa shape index (κ1) is 12.1. The molecule has 2 aromatic rings. The quantitative estimate of drug-likeness (QED) is 0.818. The van der Waals surface area contributed by atoms with Gasteiger partial charge in [0.1, 0.15) is 6.54 Å². The second kappa shape index (κ2) is 4.87. The highest BCUT2D eigenvalue weighted by Crippen LogP contribution is 2.25. The minimum atomic E-state index is -0.266. The Morgan fingerprint density at radius 3 is 3.00 bits per heavy atom. The lowest BCUT2D eigenvalue weighted by atomic mass is 10.1. The normalized spacial score (nSPS) is 10.8. The van der Waals surface area contributed by atoms with Crippen molar-refractivity contribution in [3.63, 3.8) is 0 Å². The van der Waals surface area contributed by atoms with Crippen LogP contribution in [-0.4, -0.2) is 22.4 Å². The van der Waals surface area contributed by atoms with Crippen molar-refractivity contribution < 1.29 is 9.53 Å². The molecule has 0 N–H and O–H groups in total. The molecule has 0 amide bonds. The molecule has 0 aliphatic rings. The molecule has 1 heterocycles. The van der Waals surface area contributed by atoms with E-state index in [-0.39, 0.29) is 12.5 Å². The topological polar surface area (TPSA) is 44.1 Å². The lowest BCUT2D eigenvalue weighted by Crippen LogP contribution is -2.14. The Morgan fingerprint density at radius 2 is 2.29 bits per heavy atom. The van der Waals surface area contributed by atoms with Gasteiger partial charge in [-0.3, -0.25) is 9.48 Å². The van der Waals surface area contributed by atoms with E-state index in [1.807, 2.05) is 19.1 Å². The summed E-state index contributed by atoms with van der Waals surface area (Å²) >= 11 is 3.47. The second-order valence-electron chi connectivity index (χ2n) is 3.71. The van der Waals surface area contributed by atoms with Crippen molar-refractivity contribution in [1.29, 1.82) is 0 Å². The van der Waals surface area contributed by atoms with E-state index in [2.05, 4.69) is 21.0 Å². The summed E-state index contributed by atoms with van der Waals surface area (Å²) in [7, 11) is 0. The summed E-state index contributed by atoms with van der Waals surface area (Å²) in [5.41, 5.74) is 2.07. The molecule has 0 aliphatic heterocycles. The molecular weight excluding hydrogens is 284 g/mol. The molecule has 0 fully saturated rings. The smallest absolute Gasteiger partial charge is 0.327 e. The lowest BCUT2D eigenvalue weighted by Gasteiger charge is -2.04. The molecule has 0 bridgehead atoms. The molecule has 4 nitrogen and oxygen atoms in total. The molecule has 0 saturated carbocycles. The number of nitrogens with zero attached hydrogens (tertiary/aromatic N) is 2. The van der Waals surface area contributed by atoms with Gasteiger partial charge < -0.3 is 4.74 Å². The SMILES string of the molecule is CCOC(=O)Cn1ncc2c(C)c(Br)ccc21. The van der Waals surface area contributed by atoms with E-state index in [0.717, 1.165) is 20.9 Å². The van der Waals surface area contributed by atoms with E-state index in [1.165, 1.54) is 0 Å². The van der Waals surface area contributed by atoms with Crippen LogP contribution in [0.4, 0.5) is 0 Å². The number of ether oxygens (including phenoxy) is 1. The Labute approximate surface area is 108 Å². The van der Waals surface area contributed by atoms with E-state index < -0.39 is 0 Å². The third-order valence-corrected chi connectivity index (χ3v) is 3.47. The standard InChI is InChI=1S/C12H13BrN2O2/c1-3-17-12(16)7-15-11-5-4-10(13)8(2)9(11)6-14-15/h4-6H,3,7H2,1-2H3. The predicted octanol–water partition coefficient (Wildman–Crippen LogP) is 2.67. The monoisotopic (exact) mass is 296 g/mol. The van der Waals surface area contributed by atoms with Crippen molar-refractivity contribution in [3.05, 3.63) is 28.4 Å². The largest absolute Gasteiger partial charge is 0.465 e. The Morgan fingerprint density at radius 1 is 1.53 bits per heavy atom. The zero-order valence-electron chi connectivity index (χ0n) is 9.74. The van der Waals surface area contributed by atoms with Gasteiger partial charge >= 0.3 is 5.97 Å². The van der Waals surface area contributed by atoms with Gasteiger partial charge in [-0.15, -0.1) is 0 Å². The third kappa shape index (κ3) is 2.34. The highest BCUT2D eigenvalue weighted by atomic mass is 79.9. The van der Waals surface area contributed by atoms with E-state index in [9.17, 15) is 4.79 Å². The summed E-state index contributed by atoms with van der Waals surface area (Å²) in [6.07, 6.45) is 1.77. The molecule has 0 spiro atoms. The van der Waals surface area contributed by atoms with E-state index >= 15 is 0 Å². The van der Waals surface area contributed by atoms with Crippen LogP contribution in [0.15, 0.2) is 22.8 Å². The molecule has 0 atom stereocenters. The number of halogens is 1. The number of esters is 1. The molecular formula is C12H13BrN2O2. The highest BCUT2D eigenvalue weighted by Gasteiger charge is 2.10. The number of hydrogen-bond donors (Lipinski definition) is 0. The molecule has 17 heavy (non-hydrogen) atoms. The van der Waals surface area contributed by atoms with Crippen LogP contribution in [0.3, 0.4) is 0 Å². The number of aryl methyl sites for hydroxylation is 1. The Hall–Kier alpha value is -1.36. The van der Waals surface area contributed by atoms with E-state index in [1.54, 1.807) is 17.8 Å². The molecule has 90 valence electrons. The van der Waals surface area contributed by atoms with Crippen molar-refractivity contribution >= 4 is 32.8 Å². The number of hydrogen-bond acceptors (Lipinski definition) is 3. The zero-order chi connectivity index (χ0) is 12.4. The first-order valence-electron chi connectivity index (χ1n) is 5.39. The summed E-state index contributed by atoms with van der Waals surface area (Å²) in [4.78, 5) is 11.4. The predicted molar refractivity (Wildman–Crippen MR) is 68.8 cm³/mol. The van der Waals surface area contributed by atoms with Crippen LogP contribution in [0.1, 0.15) is 12.5 Å². The first-order valence-corrected chi connectivity index (χ1v) is 6.19. The maximum absolute atomic E-state index is 11.4. The minimum Gasteiger partial charge on any atom is -0.465 e. The number of fused-ring (bicyclic) bond motifs is 1. The summed E-state index contributed by atoms with van der Waals surface area (Å²) in [5.74, 6) is -0.266. The number of carbonyl (C=O) groups is 1. The summed E-state index contributed by atoms with van der Waals surface area (Å²) in [5, 5.41) is 5.26. The average Bonchev–Trinajstić information content (AvgIpc) is 2.68. The third-order valence-electron chi connectivity index (χ3n) is 2.61. The molecule has 1 aromatic heterocycles. The van der Waals surface area contributed by atoms with Gasteiger partial charge in [0.2, 0.25) is 0 Å². The summed E-state index contributed by atoms with van der Waals surface area (Å²) in [6.45, 7) is 4.35. The van der Waals surface area contributed by atoms with Gasteiger partial charge in [-0.1, -0.05) is 15.9 Å². The maximum Gasteiger partial charge on any atom is 0.327 e. The fourth-order valence-electron chi connectivity index (χ4n) is 1.72. The number of rotatable bonds is 3. The number of aromatic nitrogens is 2. The fraction of sp³-hybridized carbons (Fsp3) is 0.333. The summed E-state index contributed by atoms with van der Waals surface area (Å²) < 4.78 is 7.61. The number of carbonyl (C=O) groups excluding carboxylic acids is 1. The maximum atomic E-state index is 11.4. The van der Waals surface area contributed by atoms with Crippen LogP contribution in [0.25, 0.3) is 10.9 Å². The van der Waals surface area contributed by atoms with Crippen molar-refractivity contribution in [2.75, 3.05) is 6.61 Å². The van der Waals surface area contributed by atoms with Gasteiger partial charge in [-0.05, 0) is 31.5 Å². The number of benzene rings is 1. The van der Waals surface area contributed by atoms with Crippen molar-refractivity contribution in [1.82, 2.24) is 9.78 Å². The molecule has 0 radical (unpaired) electrons. The molecule has 0 saturated heterocycles. The zero-order valence-corrected chi connectivity index (χ0v) is 11.3. The van der Waals surface area contributed by atoms with Gasteiger partial charge in [-0.2, -0.15) is 5.10 Å². The van der Waals surface area contributed by atoms with Crippen LogP contribution in [-0.2, 0) is 16.1 Å². The lowest BCUT2D eigenvalue weighted by molar-refractivity contribution is -0.143. The first-order chi connectivity index (χ1) is 8.13. The second-order valence-corrected chi connectivity index (χ2v) is 4.57. The van der Waals surface area contributed by atoms with Crippen LogP contribution in [0.5, 0.6) is 0 Å². The molecule has 0 aliphatic carbocycles. The fourth-order valence-corrected chi connectivity index (χ4v) is 2.07.